The Hall–Kier alpha value is -1.37. The summed E-state index contributed by atoms with van der Waals surface area (Å²) in [6.45, 7) is 3.53. The summed E-state index contributed by atoms with van der Waals surface area (Å²) in [7, 11) is 0. The van der Waals surface area contributed by atoms with Crippen molar-refractivity contribution in [2.45, 2.75) is 19.7 Å². The monoisotopic (exact) mass is 332 g/mol. The highest BCUT2D eigenvalue weighted by atomic mass is 35.5. The van der Waals surface area contributed by atoms with E-state index in [1.165, 1.54) is 17.4 Å². The van der Waals surface area contributed by atoms with E-state index >= 15 is 0 Å². The summed E-state index contributed by atoms with van der Waals surface area (Å²) in [5, 5.41) is 11.6. The van der Waals surface area contributed by atoms with Crippen molar-refractivity contribution < 1.29 is 9.66 Å². The molecule has 0 saturated carbocycles. The van der Waals surface area contributed by atoms with Crippen molar-refractivity contribution in [3.63, 3.8) is 0 Å². The van der Waals surface area contributed by atoms with Crippen molar-refractivity contribution in [2.75, 3.05) is 0 Å². The highest BCUT2D eigenvalue weighted by molar-refractivity contribution is 7.14. The highest BCUT2D eigenvalue weighted by Crippen LogP contribution is 2.39. The molecule has 8 heteroatoms. The predicted molar refractivity (Wildman–Crippen MR) is 79.3 cm³/mol. The van der Waals surface area contributed by atoms with Gasteiger partial charge in [-0.2, -0.15) is 4.98 Å². The van der Waals surface area contributed by atoms with Gasteiger partial charge in [-0.3, -0.25) is 10.1 Å². The smallest absolute Gasteiger partial charge is 0.312 e. The molecule has 1 aromatic heterocycles. The third-order valence-electron chi connectivity index (χ3n) is 2.54. The Morgan fingerprint density at radius 2 is 2.15 bits per heavy atom. The number of ether oxygens (including phenoxy) is 1. The van der Waals surface area contributed by atoms with Crippen LogP contribution in [0.4, 0.5) is 5.69 Å². The molecular weight excluding hydrogens is 323 g/mol. The Kier molecular flexibility index (Phi) is 4.47. The Morgan fingerprint density at radius 1 is 1.45 bits per heavy atom. The molecule has 0 radical (unpaired) electrons. The van der Waals surface area contributed by atoms with Crippen LogP contribution in [0.3, 0.4) is 0 Å². The Balaban J connectivity index is 2.44. The van der Waals surface area contributed by atoms with E-state index in [1.807, 2.05) is 0 Å². The Labute approximate surface area is 129 Å². The molecule has 0 unspecified atom stereocenters. The zero-order valence-electron chi connectivity index (χ0n) is 10.6. The number of thiazole rings is 1. The summed E-state index contributed by atoms with van der Waals surface area (Å²) in [5.74, 6) is 0.390. The maximum Gasteiger partial charge on any atom is 0.312 e. The predicted octanol–water partition coefficient (Wildman–Crippen LogP) is 4.85. The van der Waals surface area contributed by atoms with Gasteiger partial charge in [0.1, 0.15) is 5.15 Å². The first-order valence-electron chi connectivity index (χ1n) is 5.57. The molecule has 0 fully saturated rings. The maximum absolute atomic E-state index is 11.1. The number of aromatic nitrogens is 1. The van der Waals surface area contributed by atoms with Crippen molar-refractivity contribution in [3.8, 4) is 10.9 Å². The van der Waals surface area contributed by atoms with E-state index in [2.05, 4.69) is 4.98 Å². The van der Waals surface area contributed by atoms with Crippen molar-refractivity contribution >= 4 is 40.2 Å². The average molecular weight is 333 g/mol. The van der Waals surface area contributed by atoms with Crippen LogP contribution in [0.1, 0.15) is 16.0 Å². The van der Waals surface area contributed by atoms with Crippen molar-refractivity contribution in [1.29, 1.82) is 0 Å². The molecular formula is C12H10Cl2N2O3S. The lowest BCUT2D eigenvalue weighted by molar-refractivity contribution is -0.385. The molecule has 0 atom stereocenters. The van der Waals surface area contributed by atoms with E-state index in [4.69, 9.17) is 27.9 Å². The van der Waals surface area contributed by atoms with E-state index in [-0.39, 0.29) is 27.7 Å². The number of nitro benzene ring substituents is 1. The van der Waals surface area contributed by atoms with Gasteiger partial charge in [-0.25, -0.2) is 0 Å². The van der Waals surface area contributed by atoms with Crippen LogP contribution in [0.2, 0.25) is 5.15 Å². The summed E-state index contributed by atoms with van der Waals surface area (Å²) in [5.41, 5.74) is 1.36. The molecule has 0 saturated heterocycles. The van der Waals surface area contributed by atoms with Crippen LogP contribution in [0.15, 0.2) is 12.1 Å². The second-order valence-electron chi connectivity index (χ2n) is 4.12. The Morgan fingerprint density at radius 3 is 2.70 bits per heavy atom. The quantitative estimate of drug-likeness (QED) is 0.456. The van der Waals surface area contributed by atoms with E-state index in [9.17, 15) is 10.1 Å². The van der Waals surface area contributed by atoms with Crippen LogP contribution < -0.4 is 4.74 Å². The number of benzene rings is 1. The molecule has 0 aliphatic rings. The molecule has 2 aromatic rings. The summed E-state index contributed by atoms with van der Waals surface area (Å²) in [4.78, 5) is 15.3. The van der Waals surface area contributed by atoms with Crippen LogP contribution >= 0.6 is 34.5 Å². The summed E-state index contributed by atoms with van der Waals surface area (Å²) < 4.78 is 5.54. The zero-order valence-corrected chi connectivity index (χ0v) is 13.0. The lowest BCUT2D eigenvalue weighted by Crippen LogP contribution is -1.96. The largest absolute Gasteiger partial charge is 0.423 e. The number of halogens is 2. The molecule has 0 spiro atoms. The van der Waals surface area contributed by atoms with Crippen LogP contribution in [0.5, 0.6) is 10.9 Å². The molecule has 1 aromatic carbocycles. The average Bonchev–Trinajstić information content (AvgIpc) is 2.72. The molecule has 0 N–H and O–H groups in total. The number of aryl methyl sites for hydroxylation is 2. The van der Waals surface area contributed by atoms with Crippen molar-refractivity contribution in [2.24, 2.45) is 0 Å². The number of alkyl halides is 1. The zero-order chi connectivity index (χ0) is 14.9. The molecule has 0 amide bonds. The second-order valence-corrected chi connectivity index (χ2v) is 5.79. The third kappa shape index (κ3) is 3.03. The van der Waals surface area contributed by atoms with Gasteiger partial charge in [0.05, 0.1) is 15.7 Å². The number of nitro groups is 1. The molecule has 0 aliphatic heterocycles. The molecule has 0 aliphatic carbocycles. The number of rotatable bonds is 4. The standard InChI is InChI=1S/C12H10Cl2N2O3S/c1-6-3-7(2)10(8(4-6)16(17)18)19-12-15-11(14)9(5-13)20-12/h3-4H,5H2,1-2H3. The van der Waals surface area contributed by atoms with Crippen LogP contribution in [-0.2, 0) is 5.88 Å². The van der Waals surface area contributed by atoms with Crippen LogP contribution in [-0.4, -0.2) is 9.91 Å². The minimum atomic E-state index is -0.479. The fourth-order valence-electron chi connectivity index (χ4n) is 1.73. The van der Waals surface area contributed by atoms with Gasteiger partial charge in [0.15, 0.2) is 0 Å². The number of nitrogens with zero attached hydrogens (tertiary/aromatic N) is 2. The van der Waals surface area contributed by atoms with Gasteiger partial charge in [0.2, 0.25) is 5.75 Å². The SMILES string of the molecule is Cc1cc(C)c(Oc2nc(Cl)c(CCl)s2)c([N+](=O)[O-])c1. The fourth-order valence-corrected chi connectivity index (χ4v) is 3.05. The molecule has 20 heavy (non-hydrogen) atoms. The first kappa shape index (κ1) is 15.0. The number of hydrogen-bond donors (Lipinski definition) is 0. The maximum atomic E-state index is 11.1. The first-order chi connectivity index (χ1) is 9.42. The van der Waals surface area contributed by atoms with E-state index < -0.39 is 4.92 Å². The molecule has 106 valence electrons. The van der Waals surface area contributed by atoms with E-state index in [0.29, 0.717) is 10.4 Å². The van der Waals surface area contributed by atoms with Gasteiger partial charge in [-0.05, 0) is 25.0 Å². The topological polar surface area (TPSA) is 65.3 Å². The summed E-state index contributed by atoms with van der Waals surface area (Å²) in [6, 6.07) is 3.26. The molecule has 0 bridgehead atoms. The molecule has 1 heterocycles. The van der Waals surface area contributed by atoms with Crippen LogP contribution in [0, 0.1) is 24.0 Å². The summed E-state index contributed by atoms with van der Waals surface area (Å²) in [6.07, 6.45) is 0. The minimum Gasteiger partial charge on any atom is -0.423 e. The van der Waals surface area contributed by atoms with E-state index in [0.717, 1.165) is 5.56 Å². The molecule has 5 nitrogen and oxygen atoms in total. The number of hydrogen-bond acceptors (Lipinski definition) is 5. The normalized spacial score (nSPS) is 10.6. The molecule has 2 rings (SSSR count). The Bertz CT molecular complexity index is 673. The van der Waals surface area contributed by atoms with Gasteiger partial charge in [-0.1, -0.05) is 29.0 Å². The lowest BCUT2D eigenvalue weighted by Gasteiger charge is -2.07. The van der Waals surface area contributed by atoms with Gasteiger partial charge in [-0.15, -0.1) is 11.6 Å². The minimum absolute atomic E-state index is 0.0961. The first-order valence-corrected chi connectivity index (χ1v) is 7.30. The van der Waals surface area contributed by atoms with Gasteiger partial charge < -0.3 is 4.74 Å². The van der Waals surface area contributed by atoms with E-state index in [1.54, 1.807) is 19.9 Å². The second kappa shape index (κ2) is 5.95. The van der Waals surface area contributed by atoms with Crippen LogP contribution in [0.25, 0.3) is 0 Å². The van der Waals surface area contributed by atoms with Crippen molar-refractivity contribution in [1.82, 2.24) is 4.98 Å². The lowest BCUT2D eigenvalue weighted by atomic mass is 10.1. The third-order valence-corrected chi connectivity index (χ3v) is 4.32. The van der Waals surface area contributed by atoms with Crippen molar-refractivity contribution in [3.05, 3.63) is 43.4 Å². The van der Waals surface area contributed by atoms with Gasteiger partial charge in [0.25, 0.3) is 5.19 Å². The fraction of sp³-hybridized carbons (Fsp3) is 0.250. The summed E-state index contributed by atoms with van der Waals surface area (Å²) >= 11 is 12.8. The van der Waals surface area contributed by atoms with Gasteiger partial charge in [0, 0.05) is 6.07 Å². The highest BCUT2D eigenvalue weighted by Gasteiger charge is 2.21. The van der Waals surface area contributed by atoms with Gasteiger partial charge >= 0.3 is 5.69 Å².